The molecule has 0 saturated carbocycles. The van der Waals surface area contributed by atoms with E-state index in [1.54, 1.807) is 12.1 Å². The maximum absolute atomic E-state index is 10.9. The van der Waals surface area contributed by atoms with E-state index < -0.39 is 11.9 Å². The maximum Gasteiger partial charge on any atom is 0.302 e. The van der Waals surface area contributed by atoms with Crippen LogP contribution in [0.3, 0.4) is 0 Å². The smallest absolute Gasteiger partial charge is 0.302 e. The lowest BCUT2D eigenvalue weighted by molar-refractivity contribution is -0.341. The van der Waals surface area contributed by atoms with Crippen LogP contribution in [0.4, 0.5) is 0 Å². The van der Waals surface area contributed by atoms with Gasteiger partial charge in [0.15, 0.2) is 0 Å². The zero-order valence-corrected chi connectivity index (χ0v) is 11.0. The van der Waals surface area contributed by atoms with Crippen LogP contribution in [-0.2, 0) is 16.1 Å². The topological polar surface area (TPSA) is 77.0 Å². The predicted octanol–water partition coefficient (Wildman–Crippen LogP) is 0.977. The number of methoxy groups -OCH3 is 2. The molecule has 6 heteroatoms. The molecule has 0 bridgehead atoms. The van der Waals surface area contributed by atoms with Crippen molar-refractivity contribution >= 4 is 5.97 Å². The van der Waals surface area contributed by atoms with Gasteiger partial charge < -0.3 is 24.1 Å². The van der Waals surface area contributed by atoms with E-state index >= 15 is 0 Å². The zero-order chi connectivity index (χ0) is 14.4. The minimum absolute atomic E-state index is 0.0701. The fourth-order valence-corrected chi connectivity index (χ4v) is 1.42. The molecule has 0 fully saturated rings. The largest absolute Gasteiger partial charge is 0.574 e. The first-order chi connectivity index (χ1) is 8.97. The molecule has 0 aromatic heterocycles. The Labute approximate surface area is 111 Å². The Morgan fingerprint density at radius 3 is 2.16 bits per heavy atom. The van der Waals surface area contributed by atoms with Crippen LogP contribution in [-0.4, -0.2) is 20.2 Å². The van der Waals surface area contributed by atoms with Gasteiger partial charge in [-0.1, -0.05) is 6.58 Å². The highest BCUT2D eigenvalue weighted by molar-refractivity contribution is 5.66. The third-order valence-electron chi connectivity index (χ3n) is 2.18. The molecule has 0 amide bonds. The van der Waals surface area contributed by atoms with Gasteiger partial charge >= 0.3 is 5.97 Å². The van der Waals surface area contributed by atoms with Crippen molar-refractivity contribution in [2.45, 2.75) is 13.5 Å². The van der Waals surface area contributed by atoms with Gasteiger partial charge in [0, 0.05) is 12.9 Å². The molecule has 0 heterocycles. The monoisotopic (exact) mass is 267 g/mol. The van der Waals surface area contributed by atoms with E-state index in [-0.39, 0.29) is 12.4 Å². The molecule has 0 saturated heterocycles. The molecular weight excluding hydrogens is 252 g/mol. The van der Waals surface area contributed by atoms with Crippen LogP contribution in [0.25, 0.3) is 0 Å². The Kier molecular flexibility index (Phi) is 5.05. The van der Waals surface area contributed by atoms with Crippen molar-refractivity contribution in [3.8, 4) is 17.2 Å². The van der Waals surface area contributed by atoms with Crippen molar-refractivity contribution in [1.29, 1.82) is 0 Å². The Morgan fingerprint density at radius 1 is 1.26 bits per heavy atom. The predicted molar refractivity (Wildman–Crippen MR) is 64.8 cm³/mol. The van der Waals surface area contributed by atoms with Gasteiger partial charge in [0.05, 0.1) is 20.0 Å². The van der Waals surface area contributed by atoms with E-state index in [2.05, 4.69) is 6.58 Å². The van der Waals surface area contributed by atoms with Gasteiger partial charge in [0.2, 0.25) is 0 Å². The summed E-state index contributed by atoms with van der Waals surface area (Å²) in [6, 6.07) is 3.17. The number of esters is 1. The zero-order valence-electron chi connectivity index (χ0n) is 11.0. The van der Waals surface area contributed by atoms with Gasteiger partial charge in [-0.2, -0.15) is 0 Å². The SMILES string of the molecule is C=C([O-])Oc1c(OC)cc(COC(C)=O)cc1OC. The van der Waals surface area contributed by atoms with Gasteiger partial charge in [-0.3, -0.25) is 4.79 Å². The molecule has 0 aliphatic rings. The van der Waals surface area contributed by atoms with Gasteiger partial charge in [-0.15, -0.1) is 0 Å². The Morgan fingerprint density at radius 2 is 1.79 bits per heavy atom. The molecule has 0 atom stereocenters. The minimum atomic E-state index is -0.732. The fraction of sp³-hybridized carbons (Fsp3) is 0.308. The fourth-order valence-electron chi connectivity index (χ4n) is 1.42. The van der Waals surface area contributed by atoms with Crippen molar-refractivity contribution in [1.82, 2.24) is 0 Å². The molecule has 0 N–H and O–H groups in total. The quantitative estimate of drug-likeness (QED) is 0.564. The number of benzene rings is 1. The van der Waals surface area contributed by atoms with E-state index in [0.717, 1.165) is 0 Å². The molecule has 104 valence electrons. The lowest BCUT2D eigenvalue weighted by Crippen LogP contribution is -2.10. The van der Waals surface area contributed by atoms with Crippen LogP contribution in [0.1, 0.15) is 12.5 Å². The Balaban J connectivity index is 3.11. The first-order valence-electron chi connectivity index (χ1n) is 5.40. The molecule has 0 unspecified atom stereocenters. The molecular formula is C13H15O6-. The van der Waals surface area contributed by atoms with Crippen LogP contribution in [0.2, 0.25) is 0 Å². The van der Waals surface area contributed by atoms with Crippen LogP contribution in [0.15, 0.2) is 24.7 Å². The normalized spacial score (nSPS) is 9.63. The highest BCUT2D eigenvalue weighted by atomic mass is 16.6. The van der Waals surface area contributed by atoms with Gasteiger partial charge in [-0.05, 0) is 17.7 Å². The molecule has 0 aliphatic carbocycles. The lowest BCUT2D eigenvalue weighted by atomic mass is 10.2. The average Bonchev–Trinajstić information content (AvgIpc) is 2.36. The Hall–Kier alpha value is -2.37. The first-order valence-corrected chi connectivity index (χ1v) is 5.40. The summed E-state index contributed by atoms with van der Waals surface area (Å²) in [6.07, 6.45) is 0. The molecule has 1 rings (SSSR count). The summed E-state index contributed by atoms with van der Waals surface area (Å²) in [7, 11) is 2.84. The van der Waals surface area contributed by atoms with Crippen molar-refractivity contribution in [3.63, 3.8) is 0 Å². The highest BCUT2D eigenvalue weighted by Crippen LogP contribution is 2.39. The molecule has 1 aromatic rings. The van der Waals surface area contributed by atoms with E-state index in [0.29, 0.717) is 17.1 Å². The van der Waals surface area contributed by atoms with Gasteiger partial charge in [0.1, 0.15) is 18.1 Å². The standard InChI is InChI=1S/C13H16O6/c1-8(14)18-7-10-5-11(16-3)13(19-9(2)15)12(6-10)17-4/h5-6,15H,2,7H2,1,3-4H3/p-1. The average molecular weight is 267 g/mol. The second-order valence-corrected chi connectivity index (χ2v) is 3.58. The van der Waals surface area contributed by atoms with Crippen LogP contribution in [0, 0.1) is 0 Å². The van der Waals surface area contributed by atoms with Crippen molar-refractivity contribution in [2.75, 3.05) is 14.2 Å². The number of rotatable bonds is 6. The number of ether oxygens (including phenoxy) is 4. The van der Waals surface area contributed by atoms with Crippen LogP contribution < -0.4 is 19.3 Å². The Bertz CT molecular complexity index is 455. The molecule has 0 spiro atoms. The van der Waals surface area contributed by atoms with Crippen molar-refractivity contribution < 1.29 is 28.8 Å². The highest BCUT2D eigenvalue weighted by Gasteiger charge is 2.11. The third kappa shape index (κ3) is 4.09. The summed E-state index contributed by atoms with van der Waals surface area (Å²) in [5.41, 5.74) is 0.646. The van der Waals surface area contributed by atoms with Crippen LogP contribution in [0.5, 0.6) is 17.2 Å². The van der Waals surface area contributed by atoms with Gasteiger partial charge in [0.25, 0.3) is 0 Å². The van der Waals surface area contributed by atoms with E-state index in [1.807, 2.05) is 0 Å². The summed E-state index contributed by atoms with van der Waals surface area (Å²) >= 11 is 0. The minimum Gasteiger partial charge on any atom is -0.574 e. The van der Waals surface area contributed by atoms with Crippen LogP contribution >= 0.6 is 0 Å². The number of carbonyl (C=O) groups is 1. The second-order valence-electron chi connectivity index (χ2n) is 3.58. The summed E-state index contributed by atoms with van der Waals surface area (Å²) < 4.78 is 20.0. The third-order valence-corrected chi connectivity index (χ3v) is 2.18. The number of hydrogen-bond acceptors (Lipinski definition) is 6. The van der Waals surface area contributed by atoms with Crippen molar-refractivity contribution in [2.24, 2.45) is 0 Å². The second kappa shape index (κ2) is 6.53. The number of carbonyl (C=O) groups excluding carboxylic acids is 1. The molecule has 19 heavy (non-hydrogen) atoms. The van der Waals surface area contributed by atoms with Gasteiger partial charge in [-0.25, -0.2) is 0 Å². The summed E-state index contributed by atoms with van der Waals surface area (Å²) in [5.74, 6) is -0.413. The molecule has 0 aliphatic heterocycles. The lowest BCUT2D eigenvalue weighted by Gasteiger charge is -2.21. The molecule has 6 nitrogen and oxygen atoms in total. The maximum atomic E-state index is 10.9. The number of hydrogen-bond donors (Lipinski definition) is 0. The molecule has 0 radical (unpaired) electrons. The summed E-state index contributed by atoms with van der Waals surface area (Å²) in [5, 5.41) is 10.9. The first kappa shape index (κ1) is 14.7. The van der Waals surface area contributed by atoms with E-state index in [1.165, 1.54) is 21.1 Å². The van der Waals surface area contributed by atoms with Crippen molar-refractivity contribution in [3.05, 3.63) is 30.2 Å². The van der Waals surface area contributed by atoms with E-state index in [9.17, 15) is 9.90 Å². The molecule has 1 aromatic carbocycles. The summed E-state index contributed by atoms with van der Waals surface area (Å²) in [4.78, 5) is 10.8. The van der Waals surface area contributed by atoms with E-state index in [4.69, 9.17) is 18.9 Å². The summed E-state index contributed by atoms with van der Waals surface area (Å²) in [6.45, 7) is 4.51.